The Morgan fingerprint density at radius 1 is 1.24 bits per heavy atom. The second-order valence-corrected chi connectivity index (χ2v) is 6.83. The first kappa shape index (κ1) is 17.5. The van der Waals surface area contributed by atoms with E-state index in [1.54, 1.807) is 11.3 Å². The molecule has 2 aromatic heterocycles. The van der Waals surface area contributed by atoms with Crippen molar-refractivity contribution in [3.05, 3.63) is 40.5 Å². The van der Waals surface area contributed by atoms with E-state index in [2.05, 4.69) is 11.9 Å². The van der Waals surface area contributed by atoms with Crippen molar-refractivity contribution in [2.75, 3.05) is 6.61 Å². The molecule has 1 N–H and O–H groups in total. The molecule has 1 aromatic carbocycles. The molecule has 3 aromatic rings. The van der Waals surface area contributed by atoms with Crippen LogP contribution in [0.1, 0.15) is 48.3 Å². The maximum atomic E-state index is 11.9. The van der Waals surface area contributed by atoms with Crippen LogP contribution in [0.4, 0.5) is 0 Å². The second-order valence-electron chi connectivity index (χ2n) is 5.77. The molecular formula is C19H22N2O3S. The number of fused-ring (bicyclic) bond motifs is 1. The number of aromatic nitrogens is 2. The lowest BCUT2D eigenvalue weighted by Crippen LogP contribution is -2.06. The number of carbonyl (C=O) groups is 1. The van der Waals surface area contributed by atoms with Crippen LogP contribution in [0.5, 0.6) is 5.75 Å². The van der Waals surface area contributed by atoms with Crippen molar-refractivity contribution in [2.24, 2.45) is 0 Å². The molecular weight excluding hydrogens is 336 g/mol. The number of thiazole rings is 1. The average molecular weight is 358 g/mol. The summed E-state index contributed by atoms with van der Waals surface area (Å²) in [6.07, 6.45) is 2.36. The molecule has 0 aliphatic rings. The minimum atomic E-state index is -0.927. The Labute approximate surface area is 150 Å². The Bertz CT molecular complexity index is 894. The lowest BCUT2D eigenvalue weighted by molar-refractivity contribution is 0.0688. The predicted octanol–water partition coefficient (Wildman–Crippen LogP) is 4.67. The Morgan fingerprint density at radius 2 is 1.96 bits per heavy atom. The number of aromatic carboxylic acids is 1. The van der Waals surface area contributed by atoms with Gasteiger partial charge >= 0.3 is 5.97 Å². The van der Waals surface area contributed by atoms with Crippen molar-refractivity contribution in [2.45, 2.75) is 40.0 Å². The van der Waals surface area contributed by atoms with E-state index in [1.807, 2.05) is 42.5 Å². The van der Waals surface area contributed by atoms with Gasteiger partial charge in [0.25, 0.3) is 0 Å². The molecule has 132 valence electrons. The maximum absolute atomic E-state index is 11.9. The van der Waals surface area contributed by atoms with E-state index in [0.717, 1.165) is 39.7 Å². The Kier molecular flexibility index (Phi) is 5.08. The zero-order chi connectivity index (χ0) is 18.0. The van der Waals surface area contributed by atoms with Crippen molar-refractivity contribution in [1.29, 1.82) is 0 Å². The van der Waals surface area contributed by atoms with Gasteiger partial charge in [-0.15, -0.1) is 11.3 Å². The highest BCUT2D eigenvalue weighted by Crippen LogP contribution is 2.35. The van der Waals surface area contributed by atoms with Gasteiger partial charge in [-0.05, 0) is 49.6 Å². The summed E-state index contributed by atoms with van der Waals surface area (Å²) >= 11 is 1.57. The molecule has 0 fully saturated rings. The summed E-state index contributed by atoms with van der Waals surface area (Å²) in [5, 5.41) is 9.77. The number of hydrogen-bond acceptors (Lipinski definition) is 4. The Balaban J connectivity index is 2.22. The van der Waals surface area contributed by atoms with Gasteiger partial charge < -0.3 is 9.84 Å². The van der Waals surface area contributed by atoms with Crippen molar-refractivity contribution in [3.8, 4) is 17.0 Å². The second kappa shape index (κ2) is 7.27. The van der Waals surface area contributed by atoms with E-state index in [-0.39, 0.29) is 5.69 Å². The van der Waals surface area contributed by atoms with E-state index in [4.69, 9.17) is 4.74 Å². The lowest BCUT2D eigenvalue weighted by Gasteiger charge is -2.08. The first-order valence-electron chi connectivity index (χ1n) is 8.60. The molecule has 0 unspecified atom stereocenters. The highest BCUT2D eigenvalue weighted by molar-refractivity contribution is 7.17. The van der Waals surface area contributed by atoms with Gasteiger partial charge in [-0.1, -0.05) is 20.3 Å². The van der Waals surface area contributed by atoms with Crippen molar-refractivity contribution >= 4 is 22.3 Å². The van der Waals surface area contributed by atoms with Crippen LogP contribution < -0.4 is 4.74 Å². The zero-order valence-corrected chi connectivity index (χ0v) is 15.5. The SMILES string of the molecule is CCCc1nc2sc(CC)c(-c3ccc(OCC)cc3)n2c1C(=O)O. The van der Waals surface area contributed by atoms with Crippen LogP contribution >= 0.6 is 11.3 Å². The summed E-state index contributed by atoms with van der Waals surface area (Å²) in [4.78, 5) is 18.4. The molecule has 0 radical (unpaired) electrons. The number of ether oxygens (including phenoxy) is 1. The van der Waals surface area contributed by atoms with E-state index >= 15 is 0 Å². The minimum absolute atomic E-state index is 0.289. The fourth-order valence-electron chi connectivity index (χ4n) is 3.04. The number of imidazole rings is 1. The third-order valence-corrected chi connectivity index (χ3v) is 5.26. The average Bonchev–Trinajstić information content (AvgIpc) is 3.11. The number of benzene rings is 1. The normalized spacial score (nSPS) is 11.2. The van der Waals surface area contributed by atoms with E-state index in [1.165, 1.54) is 0 Å². The number of hydrogen-bond donors (Lipinski definition) is 1. The van der Waals surface area contributed by atoms with Crippen LogP contribution in [0.15, 0.2) is 24.3 Å². The van der Waals surface area contributed by atoms with Crippen LogP contribution in [-0.2, 0) is 12.8 Å². The third-order valence-electron chi connectivity index (χ3n) is 4.07. The van der Waals surface area contributed by atoms with Crippen LogP contribution in [0.2, 0.25) is 0 Å². The molecule has 0 bridgehead atoms. The van der Waals surface area contributed by atoms with E-state index in [9.17, 15) is 9.90 Å². The molecule has 2 heterocycles. The lowest BCUT2D eigenvalue weighted by atomic mass is 10.1. The maximum Gasteiger partial charge on any atom is 0.354 e. The van der Waals surface area contributed by atoms with Gasteiger partial charge in [-0.2, -0.15) is 0 Å². The van der Waals surface area contributed by atoms with Crippen LogP contribution in [-0.4, -0.2) is 27.1 Å². The largest absolute Gasteiger partial charge is 0.494 e. The predicted molar refractivity (Wildman–Crippen MR) is 100 cm³/mol. The highest BCUT2D eigenvalue weighted by atomic mass is 32.1. The van der Waals surface area contributed by atoms with Crippen LogP contribution in [0, 0.1) is 0 Å². The highest BCUT2D eigenvalue weighted by Gasteiger charge is 2.24. The van der Waals surface area contributed by atoms with Crippen LogP contribution in [0.25, 0.3) is 16.2 Å². The molecule has 0 aliphatic heterocycles. The van der Waals surface area contributed by atoms with Gasteiger partial charge in [-0.3, -0.25) is 4.40 Å². The third kappa shape index (κ3) is 3.14. The molecule has 5 nitrogen and oxygen atoms in total. The smallest absolute Gasteiger partial charge is 0.354 e. The van der Waals surface area contributed by atoms with Gasteiger partial charge in [0.2, 0.25) is 0 Å². The minimum Gasteiger partial charge on any atom is -0.494 e. The van der Waals surface area contributed by atoms with Gasteiger partial charge in [-0.25, -0.2) is 9.78 Å². The quantitative estimate of drug-likeness (QED) is 0.666. The summed E-state index contributed by atoms with van der Waals surface area (Å²) in [7, 11) is 0. The van der Waals surface area contributed by atoms with Gasteiger partial charge in [0.05, 0.1) is 18.0 Å². The fraction of sp³-hybridized carbons (Fsp3) is 0.368. The topological polar surface area (TPSA) is 63.8 Å². The molecule has 0 amide bonds. The number of rotatable bonds is 7. The number of aryl methyl sites for hydroxylation is 2. The summed E-state index contributed by atoms with van der Waals surface area (Å²) in [6.45, 7) is 6.68. The summed E-state index contributed by atoms with van der Waals surface area (Å²) in [5.74, 6) is -0.116. The summed E-state index contributed by atoms with van der Waals surface area (Å²) in [5.41, 5.74) is 2.86. The molecule has 0 atom stereocenters. The Hall–Kier alpha value is -2.34. The van der Waals surface area contributed by atoms with Crippen LogP contribution in [0.3, 0.4) is 0 Å². The number of carboxylic acid groups (broad SMARTS) is 1. The summed E-state index contributed by atoms with van der Waals surface area (Å²) < 4.78 is 7.32. The number of nitrogens with zero attached hydrogens (tertiary/aromatic N) is 2. The molecule has 3 rings (SSSR count). The zero-order valence-electron chi connectivity index (χ0n) is 14.7. The van der Waals surface area contributed by atoms with E-state index in [0.29, 0.717) is 18.7 Å². The molecule has 25 heavy (non-hydrogen) atoms. The monoisotopic (exact) mass is 358 g/mol. The molecule has 0 spiro atoms. The number of carboxylic acids is 1. The molecule has 6 heteroatoms. The standard InChI is InChI=1S/C19H22N2O3S/c1-4-7-14-17(18(22)23)21-16(15(5-2)25-19(21)20-14)12-8-10-13(11-9-12)24-6-3/h8-11H,4-7H2,1-3H3,(H,22,23). The van der Waals surface area contributed by atoms with Crippen molar-refractivity contribution in [1.82, 2.24) is 9.38 Å². The van der Waals surface area contributed by atoms with Crippen molar-refractivity contribution < 1.29 is 14.6 Å². The van der Waals surface area contributed by atoms with Gasteiger partial charge in [0.15, 0.2) is 10.7 Å². The first-order valence-corrected chi connectivity index (χ1v) is 9.41. The molecule has 0 saturated carbocycles. The molecule has 0 saturated heterocycles. The van der Waals surface area contributed by atoms with E-state index < -0.39 is 5.97 Å². The summed E-state index contributed by atoms with van der Waals surface area (Å²) in [6, 6.07) is 7.81. The first-order chi connectivity index (χ1) is 12.1. The van der Waals surface area contributed by atoms with Gasteiger partial charge in [0, 0.05) is 4.88 Å². The van der Waals surface area contributed by atoms with Crippen molar-refractivity contribution in [3.63, 3.8) is 0 Å². The van der Waals surface area contributed by atoms with Gasteiger partial charge in [0.1, 0.15) is 5.75 Å². The fourth-order valence-corrected chi connectivity index (χ4v) is 4.14. The Morgan fingerprint density at radius 3 is 2.52 bits per heavy atom. The molecule has 0 aliphatic carbocycles.